The van der Waals surface area contributed by atoms with Gasteiger partial charge in [-0.1, -0.05) is 34.5 Å². The summed E-state index contributed by atoms with van der Waals surface area (Å²) < 4.78 is 0. The van der Waals surface area contributed by atoms with Gasteiger partial charge in [-0.3, -0.25) is 14.9 Å². The van der Waals surface area contributed by atoms with Crippen LogP contribution in [0.4, 0.5) is 16.0 Å². The molecule has 3 aliphatic heterocycles. The minimum Gasteiger partial charge on any atom is -0.481 e. The first-order valence-electron chi connectivity index (χ1n) is 12.9. The molecule has 9 nitrogen and oxygen atoms in total. The van der Waals surface area contributed by atoms with Crippen molar-refractivity contribution in [3.8, 4) is 10.6 Å². The Morgan fingerprint density at radius 3 is 2.56 bits per heavy atom. The van der Waals surface area contributed by atoms with Crippen LogP contribution in [0, 0.1) is 11.8 Å². The zero-order valence-electron chi connectivity index (χ0n) is 21.3. The molecule has 0 aromatic carbocycles. The van der Waals surface area contributed by atoms with Gasteiger partial charge in [0, 0.05) is 43.8 Å². The van der Waals surface area contributed by atoms with Gasteiger partial charge in [-0.05, 0) is 50.9 Å². The summed E-state index contributed by atoms with van der Waals surface area (Å²) in [7, 11) is 2.19. The number of thiophene rings is 1. The largest absolute Gasteiger partial charge is 0.481 e. The van der Waals surface area contributed by atoms with Gasteiger partial charge >= 0.3 is 5.97 Å². The number of carboxylic acid groups (broad SMARTS) is 1. The number of carboxylic acids is 1. The highest BCUT2D eigenvalue weighted by Crippen LogP contribution is 2.45. The van der Waals surface area contributed by atoms with Crippen molar-refractivity contribution in [3.63, 3.8) is 0 Å². The number of aromatic nitrogens is 2. The normalized spacial score (nSPS) is 21.9. The molecule has 2 unspecified atom stereocenters. The van der Waals surface area contributed by atoms with Gasteiger partial charge in [0.25, 0.3) is 5.91 Å². The molecule has 0 aliphatic carbocycles. The molecule has 3 aromatic rings. The van der Waals surface area contributed by atoms with Crippen molar-refractivity contribution < 1.29 is 14.7 Å². The van der Waals surface area contributed by atoms with E-state index in [1.54, 1.807) is 17.4 Å². The molecule has 1 amide bonds. The number of hydrogen-bond acceptors (Lipinski definition) is 9. The van der Waals surface area contributed by atoms with E-state index in [0.29, 0.717) is 64.4 Å². The highest BCUT2D eigenvalue weighted by atomic mass is 35.5. The lowest BCUT2D eigenvalue weighted by molar-refractivity contribution is -0.142. The van der Waals surface area contributed by atoms with E-state index in [0.717, 1.165) is 35.2 Å². The maximum absolute atomic E-state index is 13.2. The number of likely N-dealkylation sites (N-methyl/N-ethyl adjacent to an activating group) is 1. The van der Waals surface area contributed by atoms with E-state index in [1.165, 1.54) is 24.0 Å². The van der Waals surface area contributed by atoms with Crippen LogP contribution in [0.3, 0.4) is 0 Å². The molecule has 0 radical (unpaired) electrons. The second kappa shape index (κ2) is 10.9. The van der Waals surface area contributed by atoms with Crippen molar-refractivity contribution in [3.05, 3.63) is 39.3 Å². The fourth-order valence-corrected chi connectivity index (χ4v) is 8.22. The summed E-state index contributed by atoms with van der Waals surface area (Å²) in [5.74, 6) is -0.248. The van der Waals surface area contributed by atoms with Crippen LogP contribution in [0.2, 0.25) is 10.0 Å². The summed E-state index contributed by atoms with van der Waals surface area (Å²) in [4.78, 5) is 41.5. The Bertz CT molecular complexity index is 1410. The van der Waals surface area contributed by atoms with Gasteiger partial charge < -0.3 is 19.8 Å². The minimum atomic E-state index is -0.767. The average molecular weight is 608 g/mol. The smallest absolute Gasteiger partial charge is 0.306 e. The van der Waals surface area contributed by atoms with Crippen molar-refractivity contribution >= 4 is 73.7 Å². The number of anilines is 3. The van der Waals surface area contributed by atoms with Gasteiger partial charge in [0.2, 0.25) is 0 Å². The van der Waals surface area contributed by atoms with E-state index >= 15 is 0 Å². The van der Waals surface area contributed by atoms with Gasteiger partial charge in [0.1, 0.15) is 16.5 Å². The number of carbonyl (C=O) groups is 2. The number of carbonyl (C=O) groups excluding carboxylic acids is 1. The second-order valence-electron chi connectivity index (χ2n) is 10.4. The van der Waals surface area contributed by atoms with Gasteiger partial charge in [0.05, 0.1) is 26.4 Å². The van der Waals surface area contributed by atoms with E-state index in [4.69, 9.17) is 28.2 Å². The number of halogens is 2. The maximum Gasteiger partial charge on any atom is 0.306 e. The summed E-state index contributed by atoms with van der Waals surface area (Å²) >= 11 is 15.8. The van der Waals surface area contributed by atoms with Crippen molar-refractivity contribution in [2.75, 3.05) is 54.9 Å². The number of thiazole rings is 1. The van der Waals surface area contributed by atoms with E-state index in [1.807, 2.05) is 16.3 Å². The Labute approximate surface area is 244 Å². The maximum atomic E-state index is 13.2. The molecule has 206 valence electrons. The molecule has 39 heavy (non-hydrogen) atoms. The summed E-state index contributed by atoms with van der Waals surface area (Å²) in [6.07, 6.45) is 3.77. The first-order chi connectivity index (χ1) is 18.8. The number of fused-ring (bicyclic) bond motifs is 1. The van der Waals surface area contributed by atoms with E-state index in [-0.39, 0.29) is 11.8 Å². The quantitative estimate of drug-likeness (QED) is 0.391. The van der Waals surface area contributed by atoms with Crippen molar-refractivity contribution in [2.24, 2.45) is 11.8 Å². The lowest BCUT2D eigenvalue weighted by Gasteiger charge is -2.31. The SMILES string of the molecule is CN1CCC2CN(c3sc(NC(=O)c4cnc(N5CCC(C(=O)O)CC5)c(Cl)c4)nc3-c3cc(Cl)cs3)CC21. The summed E-state index contributed by atoms with van der Waals surface area (Å²) in [6.45, 7) is 4.16. The lowest BCUT2D eigenvalue weighted by atomic mass is 9.97. The Balaban J connectivity index is 1.20. The van der Waals surface area contributed by atoms with Gasteiger partial charge in [-0.2, -0.15) is 0 Å². The van der Waals surface area contributed by atoms with Gasteiger partial charge in [-0.15, -0.1) is 11.3 Å². The van der Waals surface area contributed by atoms with E-state index in [9.17, 15) is 14.7 Å². The van der Waals surface area contributed by atoms with Crippen molar-refractivity contribution in [2.45, 2.75) is 25.3 Å². The van der Waals surface area contributed by atoms with Crippen molar-refractivity contribution in [1.29, 1.82) is 0 Å². The first kappa shape index (κ1) is 26.8. The monoisotopic (exact) mass is 606 g/mol. The van der Waals surface area contributed by atoms with Crippen LogP contribution in [-0.4, -0.2) is 77.7 Å². The molecule has 6 heterocycles. The summed E-state index contributed by atoms with van der Waals surface area (Å²) in [5, 5.41) is 16.7. The molecule has 2 atom stereocenters. The molecule has 6 rings (SSSR count). The zero-order valence-corrected chi connectivity index (χ0v) is 24.4. The molecular formula is C26H28Cl2N6O3S2. The molecule has 3 aromatic heterocycles. The fourth-order valence-electron chi connectivity index (χ4n) is 5.81. The highest BCUT2D eigenvalue weighted by molar-refractivity contribution is 7.21. The Morgan fingerprint density at radius 1 is 1.10 bits per heavy atom. The highest BCUT2D eigenvalue weighted by Gasteiger charge is 2.41. The summed E-state index contributed by atoms with van der Waals surface area (Å²) in [6, 6.07) is 4.06. The standard InChI is InChI=1S/C26H28Cl2N6O3S2/c1-32-5-2-15-11-34(12-19(15)32)24-21(20-9-17(27)13-38-20)30-26(39-24)31-23(35)16-8-18(28)22(29-10-16)33-6-3-14(4-7-33)25(36)37/h8-10,13-15,19H,2-7,11-12H2,1H3,(H,36,37)(H,30,31,35). The number of pyridine rings is 1. The van der Waals surface area contributed by atoms with E-state index < -0.39 is 5.97 Å². The van der Waals surface area contributed by atoms with Gasteiger partial charge in [0.15, 0.2) is 5.13 Å². The Morgan fingerprint density at radius 2 is 1.90 bits per heavy atom. The van der Waals surface area contributed by atoms with Crippen LogP contribution >= 0.6 is 45.9 Å². The third-order valence-corrected chi connectivity index (χ3v) is 10.6. The number of aliphatic carboxylic acids is 1. The number of piperidine rings is 1. The van der Waals surface area contributed by atoms with Crippen LogP contribution in [-0.2, 0) is 4.79 Å². The molecule has 3 fully saturated rings. The molecule has 2 N–H and O–H groups in total. The summed E-state index contributed by atoms with van der Waals surface area (Å²) in [5.41, 5.74) is 1.17. The Hall–Kier alpha value is -2.44. The third-order valence-electron chi connectivity index (χ3n) is 7.97. The second-order valence-corrected chi connectivity index (χ2v) is 13.1. The van der Waals surface area contributed by atoms with Crippen LogP contribution < -0.4 is 15.1 Å². The molecular weight excluding hydrogens is 579 g/mol. The Kier molecular flexibility index (Phi) is 7.45. The minimum absolute atomic E-state index is 0.332. The molecule has 0 spiro atoms. The number of amides is 1. The molecule has 3 saturated heterocycles. The molecule has 3 aliphatic rings. The first-order valence-corrected chi connectivity index (χ1v) is 15.4. The topological polar surface area (TPSA) is 102 Å². The fraction of sp³-hybridized carbons (Fsp3) is 0.462. The number of nitrogens with one attached hydrogen (secondary N) is 1. The third kappa shape index (κ3) is 5.35. The average Bonchev–Trinajstić information content (AvgIpc) is 3.69. The predicted octanol–water partition coefficient (Wildman–Crippen LogP) is 5.27. The zero-order chi connectivity index (χ0) is 27.3. The predicted molar refractivity (Wildman–Crippen MR) is 157 cm³/mol. The molecule has 13 heteroatoms. The number of hydrogen-bond donors (Lipinski definition) is 2. The lowest BCUT2D eigenvalue weighted by Crippen LogP contribution is -2.37. The van der Waals surface area contributed by atoms with E-state index in [2.05, 4.69) is 27.1 Å². The van der Waals surface area contributed by atoms with Crippen LogP contribution in [0.1, 0.15) is 29.6 Å². The number of rotatable bonds is 6. The van der Waals surface area contributed by atoms with Crippen LogP contribution in [0.25, 0.3) is 10.6 Å². The van der Waals surface area contributed by atoms with Crippen LogP contribution in [0.15, 0.2) is 23.7 Å². The van der Waals surface area contributed by atoms with Gasteiger partial charge in [-0.25, -0.2) is 9.97 Å². The number of likely N-dealkylation sites (tertiary alicyclic amines) is 1. The molecule has 0 saturated carbocycles. The molecule has 0 bridgehead atoms. The number of nitrogens with zero attached hydrogens (tertiary/aromatic N) is 5. The van der Waals surface area contributed by atoms with Crippen molar-refractivity contribution in [1.82, 2.24) is 14.9 Å². The van der Waals surface area contributed by atoms with Crippen LogP contribution in [0.5, 0.6) is 0 Å².